The third-order valence-corrected chi connectivity index (χ3v) is 8.53. The first-order valence-corrected chi connectivity index (χ1v) is 13.4. The molecule has 4 aromatic rings. The Morgan fingerprint density at radius 3 is 2.57 bits per heavy atom. The van der Waals surface area contributed by atoms with Crippen LogP contribution in [0.3, 0.4) is 0 Å². The molecule has 2 aromatic carbocycles. The molecule has 2 aromatic heterocycles. The summed E-state index contributed by atoms with van der Waals surface area (Å²) >= 11 is 1.37. The molecule has 0 radical (unpaired) electrons. The van der Waals surface area contributed by atoms with Crippen molar-refractivity contribution in [2.45, 2.75) is 52.6 Å². The molecule has 1 aliphatic carbocycles. The molecule has 0 bridgehead atoms. The Morgan fingerprint density at radius 1 is 1.11 bits per heavy atom. The number of hydrogen-bond acceptors (Lipinski definition) is 5. The molecule has 2 aliphatic rings. The second-order valence-electron chi connectivity index (χ2n) is 9.97. The van der Waals surface area contributed by atoms with Gasteiger partial charge in [-0.3, -0.25) is 14.2 Å². The van der Waals surface area contributed by atoms with E-state index in [2.05, 4.69) is 24.5 Å². The molecule has 7 heteroatoms. The lowest BCUT2D eigenvalue weighted by Crippen LogP contribution is -2.39. The van der Waals surface area contributed by atoms with Crippen LogP contribution in [0.25, 0.3) is 16.8 Å². The summed E-state index contributed by atoms with van der Waals surface area (Å²) in [6.45, 7) is 7.64. The molecule has 1 aliphatic heterocycles. The number of ether oxygens (including phenoxy) is 1. The van der Waals surface area contributed by atoms with Crippen molar-refractivity contribution in [2.24, 2.45) is 4.99 Å². The van der Waals surface area contributed by atoms with Crippen molar-refractivity contribution >= 4 is 34.0 Å². The fourth-order valence-electron chi connectivity index (χ4n) is 5.76. The summed E-state index contributed by atoms with van der Waals surface area (Å²) in [5.41, 5.74) is 5.25. The molecule has 188 valence electrons. The number of Topliss-reactive ketones (excluding diaryl/α,β-unsaturated/α-hetero) is 1. The van der Waals surface area contributed by atoms with Gasteiger partial charge in [-0.2, -0.15) is 0 Å². The Bertz CT molecular complexity index is 1810. The molecule has 0 spiro atoms. The highest BCUT2D eigenvalue weighted by Gasteiger charge is 2.34. The van der Waals surface area contributed by atoms with Crippen molar-refractivity contribution in [3.8, 4) is 5.75 Å². The molecule has 1 saturated carbocycles. The van der Waals surface area contributed by atoms with Gasteiger partial charge < -0.3 is 9.30 Å². The molecule has 0 N–H and O–H groups in total. The van der Waals surface area contributed by atoms with Crippen molar-refractivity contribution in [2.75, 3.05) is 7.11 Å². The lowest BCUT2D eigenvalue weighted by molar-refractivity contribution is -0.114. The van der Waals surface area contributed by atoms with Gasteiger partial charge in [0.1, 0.15) is 5.75 Å². The second-order valence-corrected chi connectivity index (χ2v) is 11.0. The number of ketones is 1. The zero-order valence-corrected chi connectivity index (χ0v) is 22.5. The van der Waals surface area contributed by atoms with Crippen LogP contribution >= 0.6 is 11.3 Å². The summed E-state index contributed by atoms with van der Waals surface area (Å²) in [6, 6.07) is 14.0. The molecule has 1 atom stereocenters. The van der Waals surface area contributed by atoms with E-state index in [1.165, 1.54) is 35.6 Å². The van der Waals surface area contributed by atoms with Crippen LogP contribution in [0.5, 0.6) is 5.75 Å². The molecule has 0 amide bonds. The third kappa shape index (κ3) is 3.72. The minimum atomic E-state index is -0.629. The molecule has 6 rings (SSSR count). The zero-order chi connectivity index (χ0) is 26.0. The number of aromatic nitrogens is 2. The van der Waals surface area contributed by atoms with E-state index >= 15 is 0 Å². The monoisotopic (exact) mass is 511 g/mol. The van der Waals surface area contributed by atoms with E-state index in [4.69, 9.17) is 9.73 Å². The summed E-state index contributed by atoms with van der Waals surface area (Å²) in [6.07, 6.45) is 4.39. The first-order chi connectivity index (χ1) is 17.8. The smallest absolute Gasteiger partial charge is 0.271 e. The first kappa shape index (κ1) is 23.7. The average molecular weight is 512 g/mol. The van der Waals surface area contributed by atoms with Gasteiger partial charge in [-0.1, -0.05) is 41.7 Å². The predicted molar refractivity (Wildman–Crippen MR) is 147 cm³/mol. The number of allylic oxidation sites excluding steroid dienone is 2. The minimum Gasteiger partial charge on any atom is -0.496 e. The van der Waals surface area contributed by atoms with E-state index in [-0.39, 0.29) is 11.3 Å². The number of aryl methyl sites for hydroxylation is 1. The summed E-state index contributed by atoms with van der Waals surface area (Å²) in [7, 11) is 1.62. The average Bonchev–Trinajstić information content (AvgIpc) is 3.60. The molecule has 37 heavy (non-hydrogen) atoms. The second kappa shape index (κ2) is 8.70. The lowest BCUT2D eigenvalue weighted by atomic mass is 9.89. The largest absolute Gasteiger partial charge is 0.496 e. The highest BCUT2D eigenvalue weighted by atomic mass is 32.1. The Morgan fingerprint density at radius 2 is 1.86 bits per heavy atom. The fourth-order valence-corrected chi connectivity index (χ4v) is 6.80. The minimum absolute atomic E-state index is 0.108. The van der Waals surface area contributed by atoms with Gasteiger partial charge in [0.15, 0.2) is 10.6 Å². The first-order valence-electron chi connectivity index (χ1n) is 12.6. The maximum atomic E-state index is 14.1. The van der Waals surface area contributed by atoms with Crippen LogP contribution in [0.15, 0.2) is 63.5 Å². The van der Waals surface area contributed by atoms with E-state index in [0.717, 1.165) is 21.9 Å². The van der Waals surface area contributed by atoms with Crippen LogP contribution in [0.4, 0.5) is 0 Å². The van der Waals surface area contributed by atoms with E-state index in [1.54, 1.807) is 18.6 Å². The van der Waals surface area contributed by atoms with Crippen LogP contribution in [-0.2, 0) is 4.79 Å². The van der Waals surface area contributed by atoms with Gasteiger partial charge in [0, 0.05) is 34.3 Å². The SMILES string of the molecule is COc1ccc2ccccc2c1C1C(C(C)=O)=C(C)N=c2sc(=Cc3cc(C)n(C4CC4)c3C)c(=O)n21. The summed E-state index contributed by atoms with van der Waals surface area (Å²) in [4.78, 5) is 32.4. The number of thiazole rings is 1. The highest BCUT2D eigenvalue weighted by molar-refractivity contribution is 7.07. The van der Waals surface area contributed by atoms with Crippen molar-refractivity contribution in [1.82, 2.24) is 9.13 Å². The molecular weight excluding hydrogens is 482 g/mol. The van der Waals surface area contributed by atoms with Crippen molar-refractivity contribution in [3.05, 3.63) is 95.9 Å². The Kier molecular flexibility index (Phi) is 5.57. The molecule has 0 saturated heterocycles. The topological polar surface area (TPSA) is 65.6 Å². The molecule has 1 fully saturated rings. The van der Waals surface area contributed by atoms with Gasteiger partial charge >= 0.3 is 0 Å². The van der Waals surface area contributed by atoms with Crippen LogP contribution in [0.2, 0.25) is 0 Å². The van der Waals surface area contributed by atoms with Gasteiger partial charge in [0.25, 0.3) is 5.56 Å². The normalized spacial score (nSPS) is 17.8. The number of nitrogens with zero attached hydrogens (tertiary/aromatic N) is 3. The summed E-state index contributed by atoms with van der Waals surface area (Å²) in [5.74, 6) is 0.531. The number of hydrogen-bond donors (Lipinski definition) is 0. The quantitative estimate of drug-likeness (QED) is 0.389. The Balaban J connectivity index is 1.64. The third-order valence-electron chi connectivity index (χ3n) is 7.55. The van der Waals surface area contributed by atoms with Gasteiger partial charge in [0.05, 0.1) is 17.7 Å². The number of benzene rings is 2. The summed E-state index contributed by atoms with van der Waals surface area (Å²) in [5, 5.41) is 1.97. The van der Waals surface area contributed by atoms with E-state index in [9.17, 15) is 9.59 Å². The van der Waals surface area contributed by atoms with Crippen molar-refractivity contribution < 1.29 is 9.53 Å². The summed E-state index contributed by atoms with van der Waals surface area (Å²) < 4.78 is 10.5. The number of rotatable bonds is 5. The van der Waals surface area contributed by atoms with Gasteiger partial charge in [-0.25, -0.2) is 4.99 Å². The van der Waals surface area contributed by atoms with Gasteiger partial charge in [-0.05, 0) is 75.1 Å². The Labute approximate surface area is 218 Å². The van der Waals surface area contributed by atoms with Crippen molar-refractivity contribution in [3.63, 3.8) is 0 Å². The van der Waals surface area contributed by atoms with Gasteiger partial charge in [0.2, 0.25) is 0 Å². The number of fused-ring (bicyclic) bond motifs is 2. The van der Waals surface area contributed by atoms with E-state index < -0.39 is 6.04 Å². The number of methoxy groups -OCH3 is 1. The van der Waals surface area contributed by atoms with Crippen LogP contribution in [-0.4, -0.2) is 22.0 Å². The maximum absolute atomic E-state index is 14.1. The van der Waals surface area contributed by atoms with Gasteiger partial charge in [-0.15, -0.1) is 0 Å². The molecule has 1 unspecified atom stereocenters. The number of carbonyl (C=O) groups excluding carboxylic acids is 1. The maximum Gasteiger partial charge on any atom is 0.271 e. The standard InChI is InChI=1S/C30H29N3O3S/c1-16-14-21(18(3)32(16)22-11-12-22)15-25-29(35)33-28(26(19(4)34)17(2)31-30(33)37-25)27-23-9-7-6-8-20(23)10-13-24(27)36-5/h6-10,13-15,22,28H,11-12H2,1-5H3. The highest BCUT2D eigenvalue weighted by Crippen LogP contribution is 2.40. The van der Waals surface area contributed by atoms with Crippen LogP contribution < -0.4 is 19.6 Å². The molecule has 3 heterocycles. The predicted octanol–water partition coefficient (Wildman–Crippen LogP) is 4.74. The van der Waals surface area contributed by atoms with E-state index in [0.29, 0.717) is 32.4 Å². The fraction of sp³-hybridized carbons (Fsp3) is 0.300. The zero-order valence-electron chi connectivity index (χ0n) is 21.7. The number of carbonyl (C=O) groups is 1. The van der Waals surface area contributed by atoms with E-state index in [1.807, 2.05) is 49.4 Å². The molecule has 6 nitrogen and oxygen atoms in total. The van der Waals surface area contributed by atoms with Crippen molar-refractivity contribution in [1.29, 1.82) is 0 Å². The van der Waals surface area contributed by atoms with Crippen LogP contribution in [0.1, 0.15) is 61.3 Å². The Hall–Kier alpha value is -3.71. The van der Waals surface area contributed by atoms with Crippen LogP contribution in [0, 0.1) is 13.8 Å². The lowest BCUT2D eigenvalue weighted by Gasteiger charge is -2.27. The molecular formula is C30H29N3O3S.